The van der Waals surface area contributed by atoms with Crippen molar-refractivity contribution in [3.8, 4) is 5.88 Å². The van der Waals surface area contributed by atoms with E-state index in [1.807, 2.05) is 48.9 Å². The van der Waals surface area contributed by atoms with Gasteiger partial charge in [-0.05, 0) is 123 Å². The number of aryl methyl sites for hydroxylation is 1. The standard InChI is InChI=1S/C54H61N11O8S/c1-35-5-2-3-6-41(35)48-33-62(53-56-17-4-18-57-53)22-23-63(48)39-30-54(31-39)15-20-61(21-16-54)38-7-9-42(45(28-38)64-44-14-26-72-34-49(44)73-52-47(64)27-37-11-19-55-50(37)59-52)51(66)60-74(69,70)40-8-10-43(46(29-40)65(67)68)58-32-36-12-24-71-25-13-36/h2-11,17-19,27-29,36,39,44,48-49,58H,12-16,20-26,30-34H2,1H3,(H,55,59)(H,60,66)/t44-,48-,49-/m0/s1. The lowest BCUT2D eigenvalue weighted by Crippen LogP contribution is -2.60. The number of fused-ring (bicyclic) bond motifs is 3. The Kier molecular flexibility index (Phi) is 12.8. The Labute approximate surface area is 429 Å². The molecule has 1 amide bonds. The lowest BCUT2D eigenvalue weighted by molar-refractivity contribution is -0.384. The van der Waals surface area contributed by atoms with Crippen LogP contribution in [0.25, 0.3) is 11.0 Å². The quantitative estimate of drug-likeness (QED) is 0.0798. The topological polar surface area (TPSA) is 214 Å². The SMILES string of the molecule is Cc1ccccc1[C@@H]1CN(c2ncccn2)CCN1C1CC2(CCN(c3ccc(C(=O)NS(=O)(=O)c4ccc(NCC5CCOCC5)c([N+](=O)[O-])c4)c(N4c5cc6cc[nH]c6nc5O[C@H]5COCC[C@@H]54)c3)CC2)C1. The molecule has 1 spiro atoms. The fraction of sp³-hybridized carbons (Fsp3) is 0.444. The fourth-order valence-corrected chi connectivity index (χ4v) is 13.4. The number of carbonyl (C=O) groups is 1. The second-order valence-corrected chi connectivity index (χ2v) is 22.5. The molecule has 1 saturated carbocycles. The van der Waals surface area contributed by atoms with Crippen LogP contribution in [0.5, 0.6) is 5.88 Å². The number of H-pyrrole nitrogens is 1. The number of nitro benzene ring substituents is 1. The molecule has 74 heavy (non-hydrogen) atoms. The van der Waals surface area contributed by atoms with Crippen LogP contribution in [-0.2, 0) is 19.5 Å². The molecule has 20 heteroatoms. The first-order chi connectivity index (χ1) is 36.0. The Hall–Kier alpha value is -6.87. The Morgan fingerprint density at radius 3 is 2.49 bits per heavy atom. The number of sulfonamides is 1. The highest BCUT2D eigenvalue weighted by Gasteiger charge is 2.50. The third-order valence-electron chi connectivity index (χ3n) is 16.5. The number of piperidine rings is 1. The van der Waals surface area contributed by atoms with E-state index in [1.165, 1.54) is 23.3 Å². The van der Waals surface area contributed by atoms with Gasteiger partial charge in [-0.25, -0.2) is 23.1 Å². The molecular weight excluding hydrogens is 963 g/mol. The van der Waals surface area contributed by atoms with E-state index >= 15 is 0 Å². The van der Waals surface area contributed by atoms with E-state index in [-0.39, 0.29) is 34.7 Å². The predicted molar refractivity (Wildman–Crippen MR) is 280 cm³/mol. The van der Waals surface area contributed by atoms with Gasteiger partial charge in [0.1, 0.15) is 23.1 Å². The van der Waals surface area contributed by atoms with Crippen LogP contribution in [0.4, 0.5) is 34.4 Å². The number of nitrogens with zero attached hydrogens (tertiary/aromatic N) is 8. The number of aromatic nitrogens is 4. The smallest absolute Gasteiger partial charge is 0.293 e. The highest BCUT2D eigenvalue weighted by atomic mass is 32.2. The molecule has 12 rings (SSSR count). The monoisotopic (exact) mass is 1020 g/mol. The normalized spacial score (nSPS) is 22.4. The molecule has 0 radical (unpaired) electrons. The molecular formula is C54H61N11O8S. The van der Waals surface area contributed by atoms with Crippen LogP contribution in [0.3, 0.4) is 0 Å². The van der Waals surface area contributed by atoms with Crippen molar-refractivity contribution in [1.82, 2.24) is 29.6 Å². The maximum absolute atomic E-state index is 14.7. The summed E-state index contributed by atoms with van der Waals surface area (Å²) in [6.07, 6.45) is 11.5. The molecule has 5 aliphatic heterocycles. The molecule has 6 aliphatic rings. The van der Waals surface area contributed by atoms with E-state index in [1.54, 1.807) is 6.07 Å². The minimum atomic E-state index is -4.61. The van der Waals surface area contributed by atoms with E-state index in [0.29, 0.717) is 68.3 Å². The van der Waals surface area contributed by atoms with Gasteiger partial charge in [-0.1, -0.05) is 24.3 Å². The molecule has 4 saturated heterocycles. The lowest BCUT2D eigenvalue weighted by Gasteiger charge is -2.58. The third kappa shape index (κ3) is 9.25. The van der Waals surface area contributed by atoms with Crippen molar-refractivity contribution in [2.24, 2.45) is 11.3 Å². The van der Waals surface area contributed by atoms with Gasteiger partial charge < -0.3 is 39.2 Å². The molecule has 3 aromatic heterocycles. The number of piperazine rings is 1. The number of rotatable bonds is 12. The second kappa shape index (κ2) is 19.8. The summed E-state index contributed by atoms with van der Waals surface area (Å²) in [7, 11) is -4.61. The van der Waals surface area contributed by atoms with Gasteiger partial charge in [0, 0.05) is 101 Å². The Bertz CT molecular complexity index is 3170. The van der Waals surface area contributed by atoms with Crippen molar-refractivity contribution in [2.45, 2.75) is 81.0 Å². The van der Waals surface area contributed by atoms with E-state index in [4.69, 9.17) is 19.2 Å². The summed E-state index contributed by atoms with van der Waals surface area (Å²) in [5.41, 5.74) is 5.48. The number of ether oxygens (including phenoxy) is 3. The number of nitrogens with one attached hydrogen (secondary N) is 3. The average molecular weight is 1020 g/mol. The molecule has 8 heterocycles. The molecule has 19 nitrogen and oxygen atoms in total. The van der Waals surface area contributed by atoms with Crippen LogP contribution >= 0.6 is 0 Å². The molecule has 6 aromatic rings. The fourth-order valence-electron chi connectivity index (χ4n) is 12.4. The Balaban J connectivity index is 0.816. The van der Waals surface area contributed by atoms with Gasteiger partial charge in [-0.3, -0.25) is 19.8 Å². The number of anilines is 5. The van der Waals surface area contributed by atoms with Gasteiger partial charge in [0.05, 0.1) is 39.8 Å². The summed E-state index contributed by atoms with van der Waals surface area (Å²) in [4.78, 5) is 52.8. The van der Waals surface area contributed by atoms with E-state index in [2.05, 4.69) is 75.8 Å². The number of nitro groups is 1. The van der Waals surface area contributed by atoms with Crippen LogP contribution in [0, 0.1) is 28.4 Å². The number of carbonyl (C=O) groups excluding carboxylic acids is 1. The Morgan fingerprint density at radius 2 is 1.69 bits per heavy atom. The first-order valence-electron chi connectivity index (χ1n) is 25.9. The second-order valence-electron chi connectivity index (χ2n) is 20.8. The summed E-state index contributed by atoms with van der Waals surface area (Å²) in [5, 5.41) is 16.3. The van der Waals surface area contributed by atoms with Crippen LogP contribution in [-0.4, -0.2) is 128 Å². The lowest BCUT2D eigenvalue weighted by atomic mass is 9.59. The van der Waals surface area contributed by atoms with Gasteiger partial charge in [0.2, 0.25) is 11.8 Å². The molecule has 3 aromatic carbocycles. The van der Waals surface area contributed by atoms with Gasteiger partial charge in [0.25, 0.3) is 21.6 Å². The summed E-state index contributed by atoms with van der Waals surface area (Å²) in [6, 6.07) is 24.2. The average Bonchev–Trinajstić information content (AvgIpc) is 3.89. The number of amides is 1. The van der Waals surface area contributed by atoms with Gasteiger partial charge in [0.15, 0.2) is 0 Å². The first-order valence-corrected chi connectivity index (χ1v) is 27.4. The molecule has 0 unspecified atom stereocenters. The predicted octanol–water partition coefficient (Wildman–Crippen LogP) is 7.53. The summed E-state index contributed by atoms with van der Waals surface area (Å²) < 4.78 is 48.5. The number of hydrogen-bond donors (Lipinski definition) is 3. The molecule has 3 N–H and O–H groups in total. The highest BCUT2D eigenvalue weighted by molar-refractivity contribution is 7.90. The van der Waals surface area contributed by atoms with Crippen molar-refractivity contribution in [1.29, 1.82) is 0 Å². The van der Waals surface area contributed by atoms with Crippen LogP contribution < -0.4 is 29.5 Å². The largest absolute Gasteiger partial charge is 0.468 e. The summed E-state index contributed by atoms with van der Waals surface area (Å²) >= 11 is 0. The van der Waals surface area contributed by atoms with E-state index in [9.17, 15) is 23.3 Å². The first kappa shape index (κ1) is 48.1. The number of pyridine rings is 1. The Morgan fingerprint density at radius 1 is 0.892 bits per heavy atom. The maximum atomic E-state index is 14.7. The number of aromatic amines is 1. The van der Waals surface area contributed by atoms with E-state index in [0.717, 1.165) is 94.3 Å². The van der Waals surface area contributed by atoms with Crippen molar-refractivity contribution in [3.05, 3.63) is 124 Å². The zero-order chi connectivity index (χ0) is 50.6. The minimum absolute atomic E-state index is 0.117. The zero-order valence-electron chi connectivity index (χ0n) is 41.4. The van der Waals surface area contributed by atoms with Crippen molar-refractivity contribution < 1.29 is 32.3 Å². The molecule has 3 atom stereocenters. The summed E-state index contributed by atoms with van der Waals surface area (Å²) in [6.45, 7) is 8.95. The molecule has 386 valence electrons. The summed E-state index contributed by atoms with van der Waals surface area (Å²) in [5.74, 6) is 0.533. The van der Waals surface area contributed by atoms with Gasteiger partial charge in [-0.15, -0.1) is 0 Å². The zero-order valence-corrected chi connectivity index (χ0v) is 42.2. The van der Waals surface area contributed by atoms with Crippen molar-refractivity contribution in [2.75, 3.05) is 85.7 Å². The van der Waals surface area contributed by atoms with Crippen molar-refractivity contribution in [3.63, 3.8) is 0 Å². The number of benzene rings is 3. The maximum Gasteiger partial charge on any atom is 0.293 e. The molecule has 0 bridgehead atoms. The van der Waals surface area contributed by atoms with Crippen LogP contribution in [0.1, 0.15) is 72.5 Å². The van der Waals surface area contributed by atoms with Crippen LogP contribution in [0.2, 0.25) is 0 Å². The van der Waals surface area contributed by atoms with Gasteiger partial charge >= 0.3 is 0 Å². The van der Waals surface area contributed by atoms with Crippen LogP contribution in [0.15, 0.2) is 102 Å². The van der Waals surface area contributed by atoms with Crippen molar-refractivity contribution >= 4 is 61.3 Å². The third-order valence-corrected chi connectivity index (χ3v) is 17.8. The van der Waals surface area contributed by atoms with Gasteiger partial charge in [-0.2, -0.15) is 4.98 Å². The highest BCUT2D eigenvalue weighted by Crippen LogP contribution is 2.54. The molecule has 1 aliphatic carbocycles. The van der Waals surface area contributed by atoms with E-state index < -0.39 is 37.5 Å². The number of hydrogen-bond acceptors (Lipinski definition) is 16. The molecule has 5 fully saturated rings. The minimum Gasteiger partial charge on any atom is -0.468 e.